The highest BCUT2D eigenvalue weighted by Gasteiger charge is 2.42. The van der Waals surface area contributed by atoms with Crippen LogP contribution in [0.25, 0.3) is 0 Å². The average Bonchev–Trinajstić information content (AvgIpc) is 2.79. The van der Waals surface area contributed by atoms with E-state index in [1.807, 2.05) is 6.92 Å². The first-order valence-corrected chi connectivity index (χ1v) is 12.9. The Morgan fingerprint density at radius 1 is 0.636 bits per heavy atom. The van der Waals surface area contributed by atoms with Crippen LogP contribution in [0.3, 0.4) is 0 Å². The van der Waals surface area contributed by atoms with Crippen molar-refractivity contribution in [1.82, 2.24) is 0 Å². The van der Waals surface area contributed by atoms with E-state index < -0.39 is 31.9 Å². The molecule has 4 aromatic rings. The van der Waals surface area contributed by atoms with E-state index in [9.17, 15) is 23.7 Å². The summed E-state index contributed by atoms with van der Waals surface area (Å²) in [6.45, 7) is 1.84. The van der Waals surface area contributed by atoms with Crippen LogP contribution in [-0.4, -0.2) is 23.7 Å². The fourth-order valence-corrected chi connectivity index (χ4v) is 8.76. The maximum Gasteiger partial charge on any atom is 0.307 e. The van der Waals surface area contributed by atoms with Gasteiger partial charge >= 0.3 is 10.1 Å². The summed E-state index contributed by atoms with van der Waals surface area (Å²) in [4.78, 5) is 0.675. The summed E-state index contributed by atoms with van der Waals surface area (Å²) < 4.78 is 33.2. The maximum atomic E-state index is 13.6. The van der Waals surface area contributed by atoms with Crippen molar-refractivity contribution in [2.45, 2.75) is 26.5 Å². The minimum Gasteiger partial charge on any atom is -0.508 e. The van der Waals surface area contributed by atoms with E-state index in [4.69, 9.17) is 3.63 Å². The molecule has 0 amide bonds. The Morgan fingerprint density at radius 2 is 1.09 bits per heavy atom. The molecule has 0 aromatic heterocycles. The molecule has 0 bridgehead atoms. The average molecular weight is 483 g/mol. The molecular weight excluding hydrogens is 460 g/mol. The van der Waals surface area contributed by atoms with Gasteiger partial charge in [-0.2, -0.15) is 8.42 Å². The van der Waals surface area contributed by atoms with Crippen molar-refractivity contribution in [2.75, 3.05) is 0 Å². The van der Waals surface area contributed by atoms with Gasteiger partial charge in [-0.1, -0.05) is 54.1 Å². The molecule has 0 radical (unpaired) electrons. The van der Waals surface area contributed by atoms with Gasteiger partial charge in [-0.05, 0) is 53.6 Å². The molecule has 0 atom stereocenters. The van der Waals surface area contributed by atoms with Crippen LogP contribution in [0.4, 0.5) is 0 Å². The zero-order valence-corrected chi connectivity index (χ0v) is 19.3. The number of aromatic hydroxyl groups is 3. The summed E-state index contributed by atoms with van der Waals surface area (Å²) >= 11 is 0. The predicted molar refractivity (Wildman–Crippen MR) is 126 cm³/mol. The van der Waals surface area contributed by atoms with Gasteiger partial charge in [0.25, 0.3) is 0 Å². The number of phenolic OH excluding ortho intramolecular Hbond substituents is 3. The molecule has 0 spiro atoms. The Bertz CT molecular complexity index is 1310. The summed E-state index contributed by atoms with van der Waals surface area (Å²) in [7, 11) is -7.60. The molecule has 0 aliphatic heterocycles. The third kappa shape index (κ3) is 4.28. The van der Waals surface area contributed by atoms with Gasteiger partial charge in [0, 0.05) is 21.9 Å². The van der Waals surface area contributed by atoms with Crippen LogP contribution in [0.1, 0.15) is 5.56 Å². The molecule has 33 heavy (non-hydrogen) atoms. The minimum absolute atomic E-state index is 0.0606. The van der Waals surface area contributed by atoms with Crippen molar-refractivity contribution in [1.29, 1.82) is 0 Å². The van der Waals surface area contributed by atoms with Crippen LogP contribution >= 0.6 is 10.3 Å². The molecule has 170 valence electrons. The van der Waals surface area contributed by atoms with Gasteiger partial charge in [0.05, 0.1) is 4.90 Å². The standard InChI is InChI=1S/C25H22O6S2/c1-18-12-14-22(15-13-18)33(29,30)31-32(20-8-4-2-5-9-20,21-10-6-3-7-11-21)25-23(27)16-19(26)17-24(25)28/h2-17,26-28H,1H3. The zero-order valence-electron chi connectivity index (χ0n) is 17.6. The maximum absolute atomic E-state index is 13.6. The number of hydrogen-bond donors (Lipinski definition) is 3. The zero-order chi connectivity index (χ0) is 23.6. The largest absolute Gasteiger partial charge is 0.508 e. The normalized spacial score (nSPS) is 12.4. The number of phenols is 3. The summed E-state index contributed by atoms with van der Waals surface area (Å²) in [5.74, 6) is -1.35. The third-order valence-electron chi connectivity index (χ3n) is 4.97. The van der Waals surface area contributed by atoms with Crippen molar-refractivity contribution in [2.24, 2.45) is 0 Å². The van der Waals surface area contributed by atoms with Crippen molar-refractivity contribution in [3.8, 4) is 17.2 Å². The first-order valence-electron chi connectivity index (χ1n) is 9.95. The third-order valence-corrected chi connectivity index (χ3v) is 10.2. The van der Waals surface area contributed by atoms with Crippen LogP contribution in [0.15, 0.2) is 117 Å². The van der Waals surface area contributed by atoms with Gasteiger partial charge in [0.1, 0.15) is 22.1 Å². The fraction of sp³-hybridized carbons (Fsp3) is 0.0400. The fourth-order valence-electron chi connectivity index (χ4n) is 3.47. The lowest BCUT2D eigenvalue weighted by atomic mass is 10.2. The van der Waals surface area contributed by atoms with Gasteiger partial charge in [-0.3, -0.25) is 0 Å². The molecule has 0 fully saturated rings. The highest BCUT2D eigenvalue weighted by molar-refractivity contribution is 8.33. The van der Waals surface area contributed by atoms with Crippen LogP contribution in [0, 0.1) is 6.92 Å². The van der Waals surface area contributed by atoms with Crippen LogP contribution < -0.4 is 0 Å². The molecule has 4 aromatic carbocycles. The van der Waals surface area contributed by atoms with Gasteiger partial charge < -0.3 is 15.3 Å². The van der Waals surface area contributed by atoms with E-state index >= 15 is 0 Å². The summed E-state index contributed by atoms with van der Waals surface area (Å²) in [6, 6.07) is 25.4. The van der Waals surface area contributed by atoms with Crippen LogP contribution in [-0.2, 0) is 13.7 Å². The second-order valence-corrected chi connectivity index (χ2v) is 11.7. The first-order chi connectivity index (χ1) is 15.7. The molecular formula is C25H22O6S2. The van der Waals surface area contributed by atoms with Crippen molar-refractivity contribution in [3.05, 3.63) is 103 Å². The number of hydrogen-bond acceptors (Lipinski definition) is 6. The highest BCUT2D eigenvalue weighted by Crippen LogP contribution is 2.74. The molecule has 0 saturated carbocycles. The lowest BCUT2D eigenvalue weighted by Crippen LogP contribution is -2.15. The Labute approximate surface area is 194 Å². The van der Waals surface area contributed by atoms with Gasteiger partial charge in [0.15, 0.2) is 0 Å². The summed E-state index contributed by atoms with van der Waals surface area (Å²) in [6.07, 6.45) is 0. The topological polar surface area (TPSA) is 104 Å². The van der Waals surface area contributed by atoms with E-state index in [0.717, 1.165) is 17.7 Å². The van der Waals surface area contributed by atoms with E-state index in [1.54, 1.807) is 72.8 Å². The quantitative estimate of drug-likeness (QED) is 0.325. The van der Waals surface area contributed by atoms with Gasteiger partial charge in [-0.15, -0.1) is 0 Å². The van der Waals surface area contributed by atoms with Crippen LogP contribution in [0.2, 0.25) is 0 Å². The molecule has 0 aliphatic rings. The lowest BCUT2D eigenvalue weighted by molar-refractivity contribution is 0.407. The Hall–Kier alpha value is -3.46. The van der Waals surface area contributed by atoms with Crippen LogP contribution in [0.5, 0.6) is 17.2 Å². The second kappa shape index (κ2) is 8.82. The van der Waals surface area contributed by atoms with Crippen molar-refractivity contribution < 1.29 is 27.4 Å². The van der Waals surface area contributed by atoms with Gasteiger partial charge in [-0.25, -0.2) is 3.63 Å². The van der Waals surface area contributed by atoms with Crippen molar-refractivity contribution >= 4 is 20.4 Å². The lowest BCUT2D eigenvalue weighted by Gasteiger charge is -2.39. The number of aryl methyl sites for hydroxylation is 1. The highest BCUT2D eigenvalue weighted by atomic mass is 32.3. The molecule has 0 unspecified atom stereocenters. The van der Waals surface area contributed by atoms with E-state index in [-0.39, 0.29) is 15.5 Å². The molecule has 0 heterocycles. The SMILES string of the molecule is Cc1ccc(S(=O)(=O)OS(c2ccccc2)(c2ccccc2)c2c(O)cc(O)cc2O)cc1. The first kappa shape index (κ1) is 22.7. The molecule has 0 aliphatic carbocycles. The Kier molecular flexibility index (Phi) is 6.07. The monoisotopic (exact) mass is 482 g/mol. The number of benzene rings is 4. The Morgan fingerprint density at radius 3 is 1.55 bits per heavy atom. The Balaban J connectivity index is 2.08. The molecule has 8 heteroatoms. The summed E-state index contributed by atoms with van der Waals surface area (Å²) in [5.41, 5.74) is 0.882. The van der Waals surface area contributed by atoms with E-state index in [2.05, 4.69) is 0 Å². The number of rotatable bonds is 6. The molecule has 4 rings (SSSR count). The molecule has 0 saturated heterocycles. The minimum atomic E-state index is -4.37. The molecule has 6 nitrogen and oxygen atoms in total. The smallest absolute Gasteiger partial charge is 0.307 e. The summed E-state index contributed by atoms with van der Waals surface area (Å²) in [5, 5.41) is 31.6. The predicted octanol–water partition coefficient (Wildman–Crippen LogP) is 5.71. The van der Waals surface area contributed by atoms with Gasteiger partial charge in [0.2, 0.25) is 0 Å². The van der Waals surface area contributed by atoms with Crippen molar-refractivity contribution in [3.63, 3.8) is 0 Å². The van der Waals surface area contributed by atoms with E-state index in [1.165, 1.54) is 12.1 Å². The van der Waals surface area contributed by atoms with E-state index in [0.29, 0.717) is 9.79 Å². The second-order valence-electron chi connectivity index (χ2n) is 7.33. The molecule has 3 N–H and O–H groups in total.